The van der Waals surface area contributed by atoms with Gasteiger partial charge in [0.15, 0.2) is 8.07 Å². The molecule has 0 fully saturated rings. The smallest absolute Gasteiger partial charge is 0.268 e. The number of hydrogen-bond acceptors (Lipinski definition) is 2. The number of nitrogens with zero attached hydrogens (tertiary/aromatic N) is 4. The largest absolute Gasteiger partial charge is 0.510 e. The first-order valence-corrected chi connectivity index (χ1v) is 28.2. The zero-order valence-electron chi connectivity index (χ0n) is 87.5. The van der Waals surface area contributed by atoms with Crippen LogP contribution in [0.15, 0.2) is 272 Å². The number of benzene rings is 11. The summed E-state index contributed by atoms with van der Waals surface area (Å²) in [5.41, 5.74) is -17.2. The molecule has 1 aliphatic carbocycles. The second-order valence-corrected chi connectivity index (χ2v) is 23.5. The molecule has 1 aliphatic rings. The molecular weight excluding hydrogens is 1260 g/mol. The van der Waals surface area contributed by atoms with Gasteiger partial charge in [0, 0.05) is 70.4 Å². The maximum absolute atomic E-state index is 10.8. The minimum absolute atomic E-state index is 0. The van der Waals surface area contributed by atoms with Gasteiger partial charge in [-0.2, -0.15) is 18.2 Å². The molecule has 0 saturated heterocycles. The maximum atomic E-state index is 10.8. The number of para-hydroxylation sites is 3. The van der Waals surface area contributed by atoms with E-state index in [0.29, 0.717) is 16.3 Å². The number of imidazole rings is 1. The van der Waals surface area contributed by atoms with Crippen molar-refractivity contribution in [1.82, 2.24) is 14.1 Å². The molecular formula is C80H62N4OPtSi-2. The fraction of sp³-hybridized carbons (Fsp3) is 0.100. The third-order valence-electron chi connectivity index (χ3n) is 14.8. The van der Waals surface area contributed by atoms with Gasteiger partial charge in [0.25, 0.3) is 6.33 Å². The minimum Gasteiger partial charge on any atom is -0.510 e. The average molecular weight is 1360 g/mol. The summed E-state index contributed by atoms with van der Waals surface area (Å²) in [6.07, 6.45) is 2.21. The van der Waals surface area contributed by atoms with Crippen LogP contribution in [0.25, 0.3) is 83.4 Å². The SMILES string of the molecule is [2H]c1c([2H])c([2H])c(-c2cc(-c3c([2H])c([2H])c4c(c3[2H])C(C([2H])([2H])[2H])(C([2H])([2H])[2H])CC4(C([2H])([2H])[2H])C([2H])([2H])[2H])c(-[n+]3[c-]n(-c4[c-]c(Oc5[c-]c6c(cc5)c5ccccc5n6-c5cc(C([2H])([2H])[2H])c(-c6c([2H])c([2H])c([2H])c([2H])c6[2H])cn5)ccc4)c4ccccc43)c([Si](c3c([2H])c([2H])c([2H])c([2H])c3[2H])(c3c([2H])c([2H])c([2H])c([2H])c3[2H])c3c([2H])c([2H])c([2H])c([2H])c3[2H])c2)c([2H])c1[2H].[Pt]. The summed E-state index contributed by atoms with van der Waals surface area (Å²) in [6, 6.07) is -5.55. The van der Waals surface area contributed by atoms with Gasteiger partial charge in [0.1, 0.15) is 5.82 Å². The van der Waals surface area contributed by atoms with Crippen LogP contribution in [0.5, 0.6) is 11.5 Å². The van der Waals surface area contributed by atoms with E-state index in [1.54, 1.807) is 30.3 Å². The fourth-order valence-corrected chi connectivity index (χ4v) is 15.2. The number of rotatable bonds is 12. The summed E-state index contributed by atoms with van der Waals surface area (Å²) in [4.78, 5) is 4.64. The Morgan fingerprint density at radius 1 is 0.552 bits per heavy atom. The van der Waals surface area contributed by atoms with Crippen LogP contribution in [0.1, 0.15) is 109 Å². The monoisotopic (exact) mass is 1360 g/mol. The van der Waals surface area contributed by atoms with E-state index >= 15 is 0 Å². The Hall–Kier alpha value is -9.45. The molecule has 14 aromatic rings. The van der Waals surface area contributed by atoms with Crippen LogP contribution in [-0.2, 0) is 31.9 Å². The van der Waals surface area contributed by atoms with Crippen molar-refractivity contribution >= 4 is 61.7 Å². The molecule has 0 amide bonds. The Morgan fingerprint density at radius 3 is 1.85 bits per heavy atom. The van der Waals surface area contributed by atoms with Gasteiger partial charge in [-0.25, -0.2) is 4.98 Å². The van der Waals surface area contributed by atoms with E-state index in [0.717, 1.165) is 22.9 Å². The van der Waals surface area contributed by atoms with Crippen molar-refractivity contribution in [1.29, 1.82) is 0 Å². The van der Waals surface area contributed by atoms with Gasteiger partial charge in [-0.1, -0.05) is 251 Å². The Morgan fingerprint density at radius 2 is 1.17 bits per heavy atom. The van der Waals surface area contributed by atoms with Crippen molar-refractivity contribution in [2.24, 2.45) is 0 Å². The van der Waals surface area contributed by atoms with Gasteiger partial charge < -0.3 is 13.9 Å². The van der Waals surface area contributed by atoms with E-state index in [9.17, 15) is 34.3 Å². The first-order chi connectivity index (χ1) is 59.9. The molecule has 15 rings (SSSR count). The summed E-state index contributed by atoms with van der Waals surface area (Å²) in [7, 11) is -6.98. The zero-order chi connectivity index (χ0) is 95.0. The predicted octanol–water partition coefficient (Wildman–Crippen LogP) is 16.2. The van der Waals surface area contributed by atoms with Crippen LogP contribution >= 0.6 is 0 Å². The quantitative estimate of drug-likeness (QED) is 0.0529. The van der Waals surface area contributed by atoms with E-state index in [4.69, 9.17) is 29.4 Å². The van der Waals surface area contributed by atoms with Gasteiger partial charge in [0.05, 0.1) is 55.1 Å². The first-order valence-electron chi connectivity index (χ1n) is 47.7. The Labute approximate surface area is 585 Å². The van der Waals surface area contributed by atoms with E-state index in [1.165, 1.54) is 63.7 Å². The normalized spacial score (nSPS) is 21.2. The van der Waals surface area contributed by atoms with Crippen molar-refractivity contribution in [3.05, 3.63) is 308 Å². The van der Waals surface area contributed by atoms with E-state index in [-0.39, 0.29) is 66.2 Å². The molecule has 0 aliphatic heterocycles. The van der Waals surface area contributed by atoms with Crippen molar-refractivity contribution in [2.45, 2.75) is 51.5 Å². The molecule has 0 spiro atoms. The van der Waals surface area contributed by atoms with E-state index in [1.807, 2.05) is 0 Å². The van der Waals surface area contributed by atoms with Crippen molar-refractivity contribution in [2.75, 3.05) is 0 Å². The van der Waals surface area contributed by atoms with Crippen LogP contribution in [0.3, 0.4) is 0 Å². The first kappa shape index (κ1) is 25.5. The molecule has 3 aromatic heterocycles. The summed E-state index contributed by atoms with van der Waals surface area (Å²) >= 11 is 0. The van der Waals surface area contributed by atoms with E-state index in [2.05, 4.69) is 23.4 Å². The molecule has 5 nitrogen and oxygen atoms in total. The average Bonchev–Trinajstić information content (AvgIpc) is 1.47. The maximum Gasteiger partial charge on any atom is 0.268 e. The Bertz CT molecular complexity index is 6910. The predicted molar refractivity (Wildman–Crippen MR) is 355 cm³/mol. The van der Waals surface area contributed by atoms with Crippen LogP contribution in [0.2, 0.25) is 0 Å². The van der Waals surface area contributed by atoms with Gasteiger partial charge in [-0.3, -0.25) is 4.57 Å². The minimum atomic E-state index is -6.98. The molecule has 424 valence electrons. The summed E-state index contributed by atoms with van der Waals surface area (Å²) in [5.74, 6) is -0.344. The molecule has 0 unspecified atom stereocenters. The molecule has 0 N–H and O–H groups in total. The molecule has 87 heavy (non-hydrogen) atoms. The third-order valence-corrected chi connectivity index (χ3v) is 19.0. The van der Waals surface area contributed by atoms with Crippen molar-refractivity contribution in [3.8, 4) is 62.1 Å². The Balaban J connectivity index is 0.0000136. The molecule has 11 aromatic carbocycles. The standard InChI is InChI=1S/C80H62N4OSi.Pt/c1-55-46-77(81-52-69(55)57-28-13-7-14-29-57)84-72-39-22-21-38-66(72)67-44-43-62(51-75(67)84)85-61-31-25-30-60(50-61)82-54-83(74-41-24-23-40-73(74)82)78-68(58-42-45-70-71(48-58)80(4,5)53-79(70,2)3)47-59(56-26-11-6-12-27-56)49-76(78)86(63-32-15-8-16-33-63,64-34-17-9-18-35-64)65-36-19-10-20-37-65;/h6-49,52H,53H2,1-5H3;/q-2;/i1D3,2D3,3D3,4D3,5D3,6D,7D,8D,9D,10D,11D,12D,13D,14D,15D,16D,17D,18D,19D,20D,26D,27D,28D,29D,32D,33D,34D,35D,36D,37D,42D,45D,48D;. The van der Waals surface area contributed by atoms with Crippen LogP contribution in [-0.4, -0.2) is 22.2 Å². The molecule has 3 heterocycles. The van der Waals surface area contributed by atoms with Crippen molar-refractivity contribution < 1.29 is 89.3 Å². The molecule has 0 atom stereocenters. The number of fused-ring (bicyclic) bond motifs is 5. The summed E-state index contributed by atoms with van der Waals surface area (Å²) in [6.45, 7) is -19.7. The number of aryl methyl sites for hydroxylation is 1. The number of ether oxygens (including phenoxy) is 1. The number of aromatic nitrogens is 4. The molecule has 0 saturated carbocycles. The fourth-order valence-electron chi connectivity index (χ4n) is 11.2. The van der Waals surface area contributed by atoms with Crippen molar-refractivity contribution in [3.63, 3.8) is 0 Å². The van der Waals surface area contributed by atoms with Crippen LogP contribution in [0.4, 0.5) is 0 Å². The van der Waals surface area contributed by atoms with Gasteiger partial charge >= 0.3 is 0 Å². The third kappa shape index (κ3) is 9.50. The van der Waals surface area contributed by atoms with Gasteiger partial charge in [-0.15, -0.1) is 29.7 Å². The summed E-state index contributed by atoms with van der Waals surface area (Å²) < 4.78 is 413. The molecule has 0 radical (unpaired) electrons. The zero-order valence-corrected chi connectivity index (χ0v) is 47.8. The number of hydrogen-bond donors (Lipinski definition) is 0. The Kier molecular flexibility index (Phi) is 6.48. The molecule has 0 bridgehead atoms. The van der Waals surface area contributed by atoms with Crippen LogP contribution in [0, 0.1) is 25.3 Å². The van der Waals surface area contributed by atoms with Gasteiger partial charge in [0.2, 0.25) is 0 Å². The second-order valence-electron chi connectivity index (χ2n) is 19.9. The topological polar surface area (TPSA) is 35.9 Å². The number of pyridine rings is 1. The van der Waals surface area contributed by atoms with Gasteiger partial charge in [-0.05, 0) is 119 Å². The summed E-state index contributed by atoms with van der Waals surface area (Å²) in [5, 5.41) is -3.84. The van der Waals surface area contributed by atoms with E-state index < -0.39 is 300 Å². The molecule has 7 heteroatoms. The van der Waals surface area contributed by atoms with Crippen LogP contribution < -0.4 is 30.1 Å². The second kappa shape index (κ2) is 22.1.